The van der Waals surface area contributed by atoms with Gasteiger partial charge in [0.25, 0.3) is 0 Å². The second-order valence-corrected chi connectivity index (χ2v) is 11.8. The molecule has 0 saturated carbocycles. The summed E-state index contributed by atoms with van der Waals surface area (Å²) >= 11 is 0. The fourth-order valence-electron chi connectivity index (χ4n) is 5.14. The van der Waals surface area contributed by atoms with Gasteiger partial charge in [-0.1, -0.05) is 19.9 Å². The van der Waals surface area contributed by atoms with E-state index in [0.717, 1.165) is 38.3 Å². The molecule has 0 aromatic heterocycles. The first-order valence-electron chi connectivity index (χ1n) is 11.6. The van der Waals surface area contributed by atoms with Gasteiger partial charge in [0.1, 0.15) is 0 Å². The lowest BCUT2D eigenvalue weighted by molar-refractivity contribution is -0.143. The van der Waals surface area contributed by atoms with Crippen molar-refractivity contribution in [1.29, 1.82) is 0 Å². The van der Waals surface area contributed by atoms with Crippen LogP contribution in [0.25, 0.3) is 0 Å². The lowest BCUT2D eigenvalue weighted by Crippen LogP contribution is -2.56. The summed E-state index contributed by atoms with van der Waals surface area (Å²) < 4.78 is 62.8. The van der Waals surface area contributed by atoms with Crippen LogP contribution in [0.2, 0.25) is 0 Å². The number of anilines is 1. The number of aliphatic hydroxyl groups excluding tert-OH is 1. The molecule has 0 aliphatic carbocycles. The van der Waals surface area contributed by atoms with Crippen LogP contribution in [-0.4, -0.2) is 94.2 Å². The van der Waals surface area contributed by atoms with Crippen molar-refractivity contribution < 1.29 is 26.7 Å². The van der Waals surface area contributed by atoms with Crippen molar-refractivity contribution in [2.24, 2.45) is 11.8 Å². The predicted octanol–water partition coefficient (Wildman–Crippen LogP) is 2.66. The van der Waals surface area contributed by atoms with Gasteiger partial charge in [-0.05, 0) is 48.9 Å². The molecule has 2 heterocycles. The molecule has 0 amide bonds. The summed E-state index contributed by atoms with van der Waals surface area (Å²) in [5, 5.41) is 9.27. The minimum Gasteiger partial charge on any atom is -0.396 e. The number of alkyl halides is 3. The first-order valence-corrected chi connectivity index (χ1v) is 13.5. The maximum absolute atomic E-state index is 12.7. The molecule has 188 valence electrons. The zero-order valence-electron chi connectivity index (χ0n) is 19.7. The molecule has 2 fully saturated rings. The number of nitrogens with zero attached hydrogens (tertiary/aromatic N) is 3. The van der Waals surface area contributed by atoms with Crippen molar-refractivity contribution in [3.63, 3.8) is 0 Å². The third kappa shape index (κ3) is 7.07. The monoisotopic (exact) mass is 491 g/mol. The van der Waals surface area contributed by atoms with Gasteiger partial charge in [-0.25, -0.2) is 8.42 Å². The van der Waals surface area contributed by atoms with Crippen LogP contribution in [0.5, 0.6) is 0 Å². The molecule has 10 heteroatoms. The number of piperazine rings is 1. The molecule has 1 aromatic carbocycles. The van der Waals surface area contributed by atoms with E-state index < -0.39 is 22.6 Å². The van der Waals surface area contributed by atoms with Crippen molar-refractivity contribution in [3.8, 4) is 0 Å². The van der Waals surface area contributed by atoms with Gasteiger partial charge in [-0.15, -0.1) is 0 Å². The summed E-state index contributed by atoms with van der Waals surface area (Å²) in [6.07, 6.45) is -1.90. The van der Waals surface area contributed by atoms with E-state index in [-0.39, 0.29) is 29.9 Å². The number of rotatable bonds is 8. The Kier molecular flexibility index (Phi) is 8.35. The van der Waals surface area contributed by atoms with Gasteiger partial charge in [0, 0.05) is 57.3 Å². The summed E-state index contributed by atoms with van der Waals surface area (Å²) in [6, 6.07) is 5.64. The highest BCUT2D eigenvalue weighted by molar-refractivity contribution is 7.90. The molecule has 0 spiro atoms. The van der Waals surface area contributed by atoms with Crippen molar-refractivity contribution in [2.75, 3.05) is 63.6 Å². The topological polar surface area (TPSA) is 64.1 Å². The Morgan fingerprint density at radius 3 is 2.48 bits per heavy atom. The molecule has 0 unspecified atom stereocenters. The van der Waals surface area contributed by atoms with Crippen LogP contribution in [0.4, 0.5) is 18.9 Å². The second kappa shape index (κ2) is 10.5. The van der Waals surface area contributed by atoms with Gasteiger partial charge in [0.05, 0.1) is 11.4 Å². The Bertz CT molecular complexity index is 908. The minimum absolute atomic E-state index is 0.114. The van der Waals surface area contributed by atoms with Crippen LogP contribution in [0.3, 0.4) is 0 Å². The summed E-state index contributed by atoms with van der Waals surface area (Å²) in [6.45, 7) is 7.36. The van der Waals surface area contributed by atoms with Crippen LogP contribution in [0.15, 0.2) is 23.1 Å². The van der Waals surface area contributed by atoms with Crippen LogP contribution in [0.1, 0.15) is 25.8 Å². The summed E-state index contributed by atoms with van der Waals surface area (Å²) in [7, 11) is -3.42. The standard InChI is InChI=1S/C23H36F3N3O3S/c1-17(2)21-15-28(20-5-4-19(7-11-30)22(12-20)33(3,31)32)9-10-29(21)14-18-6-8-27(13-18)16-23(24,25)26/h4-5,12,17-18,21,30H,6-11,13-16H2,1-3H3/t18-,21-/m1/s1. The van der Waals surface area contributed by atoms with E-state index in [0.29, 0.717) is 24.6 Å². The molecule has 0 bridgehead atoms. The van der Waals surface area contributed by atoms with E-state index in [1.807, 2.05) is 6.07 Å². The summed E-state index contributed by atoms with van der Waals surface area (Å²) in [4.78, 5) is 6.36. The molecule has 33 heavy (non-hydrogen) atoms. The molecule has 6 nitrogen and oxygen atoms in total. The summed E-state index contributed by atoms with van der Waals surface area (Å²) in [5.74, 6) is 0.582. The summed E-state index contributed by atoms with van der Waals surface area (Å²) in [5.41, 5.74) is 1.46. The largest absolute Gasteiger partial charge is 0.401 e. The van der Waals surface area contributed by atoms with Gasteiger partial charge < -0.3 is 10.0 Å². The van der Waals surface area contributed by atoms with Gasteiger partial charge in [0.2, 0.25) is 0 Å². The van der Waals surface area contributed by atoms with Gasteiger partial charge in [-0.2, -0.15) is 13.2 Å². The van der Waals surface area contributed by atoms with E-state index in [4.69, 9.17) is 0 Å². The number of halogens is 3. The van der Waals surface area contributed by atoms with Crippen molar-refractivity contribution in [1.82, 2.24) is 9.80 Å². The molecule has 2 saturated heterocycles. The Balaban J connectivity index is 1.69. The zero-order chi connectivity index (χ0) is 24.4. The average molecular weight is 492 g/mol. The maximum Gasteiger partial charge on any atom is 0.401 e. The number of benzene rings is 1. The highest BCUT2D eigenvalue weighted by atomic mass is 32.2. The van der Waals surface area contributed by atoms with Gasteiger partial charge in [0.15, 0.2) is 9.84 Å². The SMILES string of the molecule is CC(C)[C@H]1CN(c2ccc(CCO)c(S(C)(=O)=O)c2)CCN1C[C@@H]1CCN(CC(F)(F)F)C1. The Morgan fingerprint density at radius 1 is 1.15 bits per heavy atom. The zero-order valence-corrected chi connectivity index (χ0v) is 20.5. The predicted molar refractivity (Wildman–Crippen MR) is 123 cm³/mol. The van der Waals surface area contributed by atoms with E-state index in [1.54, 1.807) is 12.1 Å². The van der Waals surface area contributed by atoms with Crippen LogP contribution >= 0.6 is 0 Å². The first-order chi connectivity index (χ1) is 15.4. The molecule has 3 rings (SSSR count). The second-order valence-electron chi connectivity index (χ2n) is 9.80. The third-order valence-corrected chi connectivity index (χ3v) is 7.94. The molecule has 1 N–H and O–H groups in total. The van der Waals surface area contributed by atoms with E-state index >= 15 is 0 Å². The fraction of sp³-hybridized carbons (Fsp3) is 0.739. The normalized spacial score (nSPS) is 23.6. The highest BCUT2D eigenvalue weighted by Gasteiger charge is 2.37. The molecule has 1 aromatic rings. The molecule has 2 atom stereocenters. The van der Waals surface area contributed by atoms with Crippen LogP contribution in [0, 0.1) is 11.8 Å². The van der Waals surface area contributed by atoms with E-state index in [9.17, 15) is 26.7 Å². The third-order valence-electron chi connectivity index (χ3n) is 6.77. The number of sulfone groups is 1. The van der Waals surface area contributed by atoms with Crippen molar-refractivity contribution in [3.05, 3.63) is 23.8 Å². The van der Waals surface area contributed by atoms with E-state index in [2.05, 4.69) is 23.6 Å². The van der Waals surface area contributed by atoms with Crippen molar-refractivity contribution >= 4 is 15.5 Å². The molecule has 2 aliphatic heterocycles. The Morgan fingerprint density at radius 2 is 1.88 bits per heavy atom. The minimum atomic E-state index is -4.15. The number of hydrogen-bond donors (Lipinski definition) is 1. The Labute approximate surface area is 195 Å². The number of hydrogen-bond acceptors (Lipinski definition) is 6. The van der Waals surface area contributed by atoms with Crippen LogP contribution < -0.4 is 4.90 Å². The highest BCUT2D eigenvalue weighted by Crippen LogP contribution is 2.29. The van der Waals surface area contributed by atoms with E-state index in [1.165, 1.54) is 11.2 Å². The smallest absolute Gasteiger partial charge is 0.396 e. The lowest BCUT2D eigenvalue weighted by atomic mass is 9.97. The van der Waals surface area contributed by atoms with Gasteiger partial charge >= 0.3 is 6.18 Å². The maximum atomic E-state index is 12.7. The first kappa shape index (κ1) is 26.2. The molecule has 2 aliphatic rings. The fourth-order valence-corrected chi connectivity index (χ4v) is 6.13. The lowest BCUT2D eigenvalue weighted by Gasteiger charge is -2.45. The van der Waals surface area contributed by atoms with Gasteiger partial charge in [-0.3, -0.25) is 9.80 Å². The average Bonchev–Trinajstić information content (AvgIpc) is 3.12. The Hall–Kier alpha value is -1.36. The van der Waals surface area contributed by atoms with Crippen LogP contribution in [-0.2, 0) is 16.3 Å². The number of aliphatic hydroxyl groups is 1. The van der Waals surface area contributed by atoms with Crippen molar-refractivity contribution in [2.45, 2.75) is 43.8 Å². The molecule has 0 radical (unpaired) electrons. The molecular formula is C23H36F3N3O3S. The number of likely N-dealkylation sites (tertiary alicyclic amines) is 1. The quantitative estimate of drug-likeness (QED) is 0.603. The molecular weight excluding hydrogens is 455 g/mol.